The third-order valence-corrected chi connectivity index (χ3v) is 3.02. The van der Waals surface area contributed by atoms with Gasteiger partial charge >= 0.3 is 5.97 Å². The van der Waals surface area contributed by atoms with Crippen LogP contribution in [0.3, 0.4) is 0 Å². The molecular formula is C13H10INO3. The van der Waals surface area contributed by atoms with Crippen molar-refractivity contribution in [2.75, 3.05) is 5.73 Å². The van der Waals surface area contributed by atoms with Crippen molar-refractivity contribution in [3.8, 4) is 11.5 Å². The summed E-state index contributed by atoms with van der Waals surface area (Å²) in [5, 5.41) is 8.91. The van der Waals surface area contributed by atoms with Crippen molar-refractivity contribution in [3.63, 3.8) is 0 Å². The molecule has 0 saturated heterocycles. The molecule has 0 aliphatic carbocycles. The van der Waals surface area contributed by atoms with Crippen LogP contribution in [0.5, 0.6) is 11.5 Å². The first kappa shape index (κ1) is 12.7. The summed E-state index contributed by atoms with van der Waals surface area (Å²) in [6.45, 7) is 0. The summed E-state index contributed by atoms with van der Waals surface area (Å²) in [6.07, 6.45) is 0. The van der Waals surface area contributed by atoms with Crippen LogP contribution in [0.15, 0.2) is 42.5 Å². The predicted molar refractivity (Wildman–Crippen MR) is 77.0 cm³/mol. The highest BCUT2D eigenvalue weighted by molar-refractivity contribution is 14.1. The van der Waals surface area contributed by atoms with Crippen molar-refractivity contribution in [2.24, 2.45) is 0 Å². The Labute approximate surface area is 118 Å². The quantitative estimate of drug-likeness (QED) is 0.654. The second kappa shape index (κ2) is 5.26. The summed E-state index contributed by atoms with van der Waals surface area (Å²) in [6, 6.07) is 11.8. The van der Waals surface area contributed by atoms with Crippen LogP contribution in [0.1, 0.15) is 10.4 Å². The van der Waals surface area contributed by atoms with E-state index in [1.807, 2.05) is 12.1 Å². The lowest BCUT2D eigenvalue weighted by Gasteiger charge is -2.09. The van der Waals surface area contributed by atoms with Gasteiger partial charge in [-0.05, 0) is 65.1 Å². The number of carboxylic acid groups (broad SMARTS) is 1. The fourth-order valence-electron chi connectivity index (χ4n) is 1.39. The molecule has 0 bridgehead atoms. The van der Waals surface area contributed by atoms with Gasteiger partial charge in [0.05, 0.1) is 11.3 Å². The molecule has 0 fully saturated rings. The topological polar surface area (TPSA) is 72.6 Å². The predicted octanol–water partition coefficient (Wildman–Crippen LogP) is 3.36. The van der Waals surface area contributed by atoms with Gasteiger partial charge < -0.3 is 15.6 Å². The molecule has 0 aliphatic heterocycles. The molecule has 0 heterocycles. The number of aromatic carboxylic acids is 1. The normalized spacial score (nSPS) is 10.1. The van der Waals surface area contributed by atoms with Crippen molar-refractivity contribution in [1.29, 1.82) is 0 Å². The highest BCUT2D eigenvalue weighted by Gasteiger charge is 2.08. The minimum absolute atomic E-state index is 0.143. The summed E-state index contributed by atoms with van der Waals surface area (Å²) in [5.41, 5.74) is 6.29. The SMILES string of the molecule is Nc1ccc(C(=O)O)cc1Oc1ccc(I)cc1. The van der Waals surface area contributed by atoms with E-state index in [1.165, 1.54) is 18.2 Å². The van der Waals surface area contributed by atoms with Gasteiger partial charge in [0.2, 0.25) is 0 Å². The van der Waals surface area contributed by atoms with Gasteiger partial charge in [0.15, 0.2) is 5.75 Å². The highest BCUT2D eigenvalue weighted by atomic mass is 127. The van der Waals surface area contributed by atoms with Crippen molar-refractivity contribution in [2.45, 2.75) is 0 Å². The van der Waals surface area contributed by atoms with Gasteiger partial charge in [0, 0.05) is 3.57 Å². The molecule has 0 unspecified atom stereocenters. The fraction of sp³-hybridized carbons (Fsp3) is 0. The summed E-state index contributed by atoms with van der Waals surface area (Å²) in [7, 11) is 0. The summed E-state index contributed by atoms with van der Waals surface area (Å²) < 4.78 is 6.65. The number of ether oxygens (including phenoxy) is 1. The van der Waals surface area contributed by atoms with E-state index in [0.717, 1.165) is 3.57 Å². The van der Waals surface area contributed by atoms with Gasteiger partial charge in [-0.15, -0.1) is 0 Å². The number of carboxylic acids is 1. The molecule has 0 saturated carbocycles. The van der Waals surface area contributed by atoms with E-state index >= 15 is 0 Å². The van der Waals surface area contributed by atoms with Crippen molar-refractivity contribution in [3.05, 3.63) is 51.6 Å². The Morgan fingerprint density at radius 3 is 2.44 bits per heavy atom. The number of rotatable bonds is 3. The maximum Gasteiger partial charge on any atom is 0.335 e. The molecule has 0 aromatic heterocycles. The Morgan fingerprint density at radius 2 is 1.83 bits per heavy atom. The number of benzene rings is 2. The number of anilines is 1. The molecule has 0 aliphatic rings. The number of carbonyl (C=O) groups is 1. The smallest absolute Gasteiger partial charge is 0.335 e. The molecule has 0 spiro atoms. The van der Waals surface area contributed by atoms with E-state index < -0.39 is 5.97 Å². The molecule has 0 amide bonds. The van der Waals surface area contributed by atoms with Crippen molar-refractivity contribution < 1.29 is 14.6 Å². The maximum absolute atomic E-state index is 10.9. The standard InChI is InChI=1S/C13H10INO3/c14-9-2-4-10(5-3-9)18-12-7-8(13(16)17)1-6-11(12)15/h1-7H,15H2,(H,16,17). The Bertz CT molecular complexity index is 581. The third kappa shape index (κ3) is 2.92. The van der Waals surface area contributed by atoms with Gasteiger partial charge in [0.25, 0.3) is 0 Å². The zero-order valence-corrected chi connectivity index (χ0v) is 11.4. The molecular weight excluding hydrogens is 345 g/mol. The van der Waals surface area contributed by atoms with E-state index in [0.29, 0.717) is 17.2 Å². The molecule has 0 atom stereocenters. The van der Waals surface area contributed by atoms with E-state index in [2.05, 4.69) is 22.6 Å². The lowest BCUT2D eigenvalue weighted by Crippen LogP contribution is -1.99. The van der Waals surface area contributed by atoms with Crippen molar-refractivity contribution in [1.82, 2.24) is 0 Å². The molecule has 3 N–H and O–H groups in total. The molecule has 92 valence electrons. The molecule has 2 aromatic rings. The first-order chi connectivity index (χ1) is 8.56. The number of nitrogen functional groups attached to an aromatic ring is 1. The van der Waals surface area contributed by atoms with E-state index in [-0.39, 0.29) is 5.56 Å². The Hall–Kier alpha value is -1.76. The van der Waals surface area contributed by atoms with Crippen molar-refractivity contribution >= 4 is 34.2 Å². The zero-order valence-electron chi connectivity index (χ0n) is 9.26. The minimum atomic E-state index is -1.01. The molecule has 5 heteroatoms. The Balaban J connectivity index is 2.30. The van der Waals surface area contributed by atoms with E-state index in [9.17, 15) is 4.79 Å². The second-order valence-electron chi connectivity index (χ2n) is 3.61. The molecule has 2 aromatic carbocycles. The number of halogens is 1. The zero-order chi connectivity index (χ0) is 13.1. The first-order valence-corrected chi connectivity index (χ1v) is 6.20. The van der Waals surface area contributed by atoms with Crippen LogP contribution in [0, 0.1) is 3.57 Å². The number of hydrogen-bond donors (Lipinski definition) is 2. The van der Waals surface area contributed by atoms with Crippen LogP contribution < -0.4 is 10.5 Å². The second-order valence-corrected chi connectivity index (χ2v) is 4.86. The van der Waals surface area contributed by atoms with Crippen LogP contribution in [-0.4, -0.2) is 11.1 Å². The minimum Gasteiger partial charge on any atom is -0.478 e. The molecule has 2 rings (SSSR count). The average molecular weight is 355 g/mol. The lowest BCUT2D eigenvalue weighted by molar-refractivity contribution is 0.0696. The maximum atomic E-state index is 10.9. The molecule has 18 heavy (non-hydrogen) atoms. The van der Waals surface area contributed by atoms with Crippen LogP contribution in [0.4, 0.5) is 5.69 Å². The fourth-order valence-corrected chi connectivity index (χ4v) is 1.74. The van der Waals surface area contributed by atoms with Gasteiger partial charge in [-0.1, -0.05) is 0 Å². The molecule has 4 nitrogen and oxygen atoms in total. The summed E-state index contributed by atoms with van der Waals surface area (Å²) >= 11 is 2.19. The average Bonchev–Trinajstić information content (AvgIpc) is 2.34. The first-order valence-electron chi connectivity index (χ1n) is 5.12. The van der Waals surface area contributed by atoms with Gasteiger partial charge in [0.1, 0.15) is 5.75 Å². The largest absolute Gasteiger partial charge is 0.478 e. The Kier molecular flexibility index (Phi) is 3.71. The Morgan fingerprint density at radius 1 is 1.17 bits per heavy atom. The molecule has 0 radical (unpaired) electrons. The third-order valence-electron chi connectivity index (χ3n) is 2.30. The van der Waals surface area contributed by atoms with Crippen LogP contribution in [0.25, 0.3) is 0 Å². The van der Waals surface area contributed by atoms with Crippen LogP contribution >= 0.6 is 22.6 Å². The van der Waals surface area contributed by atoms with E-state index in [4.69, 9.17) is 15.6 Å². The number of hydrogen-bond acceptors (Lipinski definition) is 3. The van der Waals surface area contributed by atoms with Gasteiger partial charge in [-0.3, -0.25) is 0 Å². The van der Waals surface area contributed by atoms with Gasteiger partial charge in [-0.25, -0.2) is 4.79 Å². The van der Waals surface area contributed by atoms with E-state index in [1.54, 1.807) is 12.1 Å². The number of nitrogens with two attached hydrogens (primary N) is 1. The van der Waals surface area contributed by atoms with Gasteiger partial charge in [-0.2, -0.15) is 0 Å². The summed E-state index contributed by atoms with van der Waals surface area (Å²) in [5.74, 6) is -0.0526. The lowest BCUT2D eigenvalue weighted by atomic mass is 10.2. The monoisotopic (exact) mass is 355 g/mol. The highest BCUT2D eigenvalue weighted by Crippen LogP contribution is 2.28. The van der Waals surface area contributed by atoms with Crippen LogP contribution in [-0.2, 0) is 0 Å². The van der Waals surface area contributed by atoms with Crippen LogP contribution in [0.2, 0.25) is 0 Å². The summed E-state index contributed by atoms with van der Waals surface area (Å²) in [4.78, 5) is 10.9.